The predicted molar refractivity (Wildman–Crippen MR) is 69.1 cm³/mol. The molecule has 1 aromatic heterocycles. The minimum absolute atomic E-state index is 0.697. The molecule has 0 atom stereocenters. The maximum absolute atomic E-state index is 6.15. The molecule has 0 spiro atoms. The first-order valence-electron chi connectivity index (χ1n) is 5.52. The molecule has 90 valence electrons. The third-order valence-corrected chi connectivity index (χ3v) is 2.85. The molecule has 0 fully saturated rings. The van der Waals surface area contributed by atoms with Gasteiger partial charge in [0, 0.05) is 25.6 Å². The van der Waals surface area contributed by atoms with E-state index in [4.69, 9.17) is 11.6 Å². The highest BCUT2D eigenvalue weighted by molar-refractivity contribution is 6.33. The normalized spacial score (nSPS) is 10.8. The Hall–Kier alpha value is -1.39. The monoisotopic (exact) mass is 250 g/mol. The summed E-state index contributed by atoms with van der Waals surface area (Å²) in [5, 5.41) is 8.15. The summed E-state index contributed by atoms with van der Waals surface area (Å²) in [5.41, 5.74) is 0.917. The Balaban J connectivity index is 2.33. The van der Waals surface area contributed by atoms with Gasteiger partial charge in [0.15, 0.2) is 11.6 Å². The van der Waals surface area contributed by atoms with E-state index in [0.29, 0.717) is 5.02 Å². The molecule has 1 N–H and O–H groups in total. The zero-order valence-corrected chi connectivity index (χ0v) is 10.7. The van der Waals surface area contributed by atoms with Crippen LogP contribution in [0.3, 0.4) is 0 Å². The molecule has 0 aliphatic rings. The second-order valence-corrected chi connectivity index (χ2v) is 4.22. The van der Waals surface area contributed by atoms with Crippen LogP contribution < -0.4 is 5.32 Å². The Morgan fingerprint density at radius 1 is 1.35 bits per heavy atom. The zero-order chi connectivity index (χ0) is 12.3. The average molecular weight is 251 g/mol. The van der Waals surface area contributed by atoms with Gasteiger partial charge in [-0.1, -0.05) is 23.7 Å². The molecule has 5 heteroatoms. The van der Waals surface area contributed by atoms with Crippen LogP contribution in [0.15, 0.2) is 24.3 Å². The zero-order valence-electron chi connectivity index (χ0n) is 9.94. The summed E-state index contributed by atoms with van der Waals surface area (Å²) in [4.78, 5) is 4.51. The summed E-state index contributed by atoms with van der Waals surface area (Å²) in [6, 6.07) is 7.67. The van der Waals surface area contributed by atoms with Gasteiger partial charge in [0.1, 0.15) is 0 Å². The molecular weight excluding hydrogens is 236 g/mol. The van der Waals surface area contributed by atoms with Crippen molar-refractivity contribution in [3.8, 4) is 11.4 Å². The standard InChI is InChI=1S/C12H15ClN4/c1-14-8-7-11-15-12(17(2)16-11)9-5-3-4-6-10(9)13/h3-6,14H,7-8H2,1-2H3. The Morgan fingerprint density at radius 3 is 2.82 bits per heavy atom. The van der Waals surface area contributed by atoms with Gasteiger partial charge < -0.3 is 5.32 Å². The molecule has 0 bridgehead atoms. The minimum Gasteiger partial charge on any atom is -0.319 e. The Kier molecular flexibility index (Phi) is 3.76. The van der Waals surface area contributed by atoms with E-state index in [9.17, 15) is 0 Å². The molecule has 17 heavy (non-hydrogen) atoms. The first kappa shape index (κ1) is 12.1. The van der Waals surface area contributed by atoms with Crippen molar-refractivity contribution < 1.29 is 0 Å². The van der Waals surface area contributed by atoms with Crippen molar-refractivity contribution in [1.29, 1.82) is 0 Å². The lowest BCUT2D eigenvalue weighted by Gasteiger charge is -2.01. The maximum atomic E-state index is 6.15. The molecule has 0 radical (unpaired) electrons. The first-order chi connectivity index (χ1) is 8.22. The predicted octanol–water partition coefficient (Wildman–Crippen LogP) is 1.90. The summed E-state index contributed by atoms with van der Waals surface area (Å²) < 4.78 is 1.77. The maximum Gasteiger partial charge on any atom is 0.159 e. The SMILES string of the molecule is CNCCc1nc(-c2ccccc2Cl)n(C)n1. The first-order valence-corrected chi connectivity index (χ1v) is 5.89. The van der Waals surface area contributed by atoms with Crippen LogP contribution in [0.1, 0.15) is 5.82 Å². The molecular formula is C12H15ClN4. The van der Waals surface area contributed by atoms with E-state index in [1.54, 1.807) is 4.68 Å². The quantitative estimate of drug-likeness (QED) is 0.901. The van der Waals surface area contributed by atoms with Crippen LogP contribution in [0.4, 0.5) is 0 Å². The highest BCUT2D eigenvalue weighted by atomic mass is 35.5. The second kappa shape index (κ2) is 5.29. The fourth-order valence-corrected chi connectivity index (χ4v) is 1.88. The number of likely N-dealkylation sites (N-methyl/N-ethyl adjacent to an activating group) is 1. The molecule has 1 aromatic carbocycles. The molecule has 0 saturated carbocycles. The number of benzene rings is 1. The van der Waals surface area contributed by atoms with Crippen LogP contribution in [-0.2, 0) is 13.5 Å². The van der Waals surface area contributed by atoms with E-state index < -0.39 is 0 Å². The lowest BCUT2D eigenvalue weighted by molar-refractivity contribution is 0.717. The molecule has 4 nitrogen and oxygen atoms in total. The number of nitrogens with zero attached hydrogens (tertiary/aromatic N) is 3. The third-order valence-electron chi connectivity index (χ3n) is 2.52. The lowest BCUT2D eigenvalue weighted by Crippen LogP contribution is -2.11. The van der Waals surface area contributed by atoms with E-state index in [2.05, 4.69) is 15.4 Å². The van der Waals surface area contributed by atoms with E-state index in [1.807, 2.05) is 38.4 Å². The van der Waals surface area contributed by atoms with Gasteiger partial charge in [-0.15, -0.1) is 0 Å². The van der Waals surface area contributed by atoms with Crippen molar-refractivity contribution in [3.63, 3.8) is 0 Å². The molecule has 0 amide bonds. The van der Waals surface area contributed by atoms with Crippen molar-refractivity contribution in [2.24, 2.45) is 7.05 Å². The van der Waals surface area contributed by atoms with Crippen LogP contribution in [-0.4, -0.2) is 28.4 Å². The van der Waals surface area contributed by atoms with Crippen molar-refractivity contribution in [2.45, 2.75) is 6.42 Å². The van der Waals surface area contributed by atoms with Crippen LogP contribution in [0.25, 0.3) is 11.4 Å². The summed E-state index contributed by atoms with van der Waals surface area (Å²) in [7, 11) is 3.80. The van der Waals surface area contributed by atoms with Crippen LogP contribution in [0.2, 0.25) is 5.02 Å². The number of hydrogen-bond donors (Lipinski definition) is 1. The molecule has 1 heterocycles. The van der Waals surface area contributed by atoms with Gasteiger partial charge in [0.25, 0.3) is 0 Å². The number of hydrogen-bond acceptors (Lipinski definition) is 3. The van der Waals surface area contributed by atoms with Gasteiger partial charge in [-0.3, -0.25) is 0 Å². The Morgan fingerprint density at radius 2 is 2.12 bits per heavy atom. The smallest absolute Gasteiger partial charge is 0.159 e. The highest BCUT2D eigenvalue weighted by Gasteiger charge is 2.11. The third kappa shape index (κ3) is 2.65. The van der Waals surface area contributed by atoms with Crippen LogP contribution >= 0.6 is 11.6 Å². The Labute approximate surface area is 106 Å². The van der Waals surface area contributed by atoms with E-state index >= 15 is 0 Å². The van der Waals surface area contributed by atoms with Crippen LogP contribution in [0, 0.1) is 0 Å². The minimum atomic E-state index is 0.697. The topological polar surface area (TPSA) is 42.7 Å². The molecule has 2 rings (SSSR count). The number of rotatable bonds is 4. The largest absolute Gasteiger partial charge is 0.319 e. The lowest BCUT2D eigenvalue weighted by atomic mass is 10.2. The van der Waals surface area contributed by atoms with Crippen molar-refractivity contribution in [1.82, 2.24) is 20.1 Å². The fourth-order valence-electron chi connectivity index (χ4n) is 1.66. The Bertz CT molecular complexity index is 507. The van der Waals surface area contributed by atoms with Crippen LogP contribution in [0.5, 0.6) is 0 Å². The second-order valence-electron chi connectivity index (χ2n) is 3.81. The van der Waals surface area contributed by atoms with Gasteiger partial charge in [-0.05, 0) is 19.2 Å². The van der Waals surface area contributed by atoms with Gasteiger partial charge in [0.2, 0.25) is 0 Å². The van der Waals surface area contributed by atoms with Gasteiger partial charge in [-0.2, -0.15) is 5.10 Å². The van der Waals surface area contributed by atoms with Gasteiger partial charge >= 0.3 is 0 Å². The molecule has 0 aliphatic heterocycles. The van der Waals surface area contributed by atoms with Crippen molar-refractivity contribution in [3.05, 3.63) is 35.1 Å². The molecule has 2 aromatic rings. The number of halogens is 1. The molecule has 0 saturated heterocycles. The molecule has 0 aliphatic carbocycles. The van der Waals surface area contributed by atoms with Gasteiger partial charge in [0.05, 0.1) is 5.02 Å². The van der Waals surface area contributed by atoms with E-state index in [0.717, 1.165) is 30.2 Å². The number of aromatic nitrogens is 3. The summed E-state index contributed by atoms with van der Waals surface area (Å²) in [5.74, 6) is 1.64. The summed E-state index contributed by atoms with van der Waals surface area (Å²) >= 11 is 6.15. The average Bonchev–Trinajstić information content (AvgIpc) is 2.68. The summed E-state index contributed by atoms with van der Waals surface area (Å²) in [6.45, 7) is 0.867. The number of aryl methyl sites for hydroxylation is 1. The fraction of sp³-hybridized carbons (Fsp3) is 0.333. The highest BCUT2D eigenvalue weighted by Crippen LogP contribution is 2.25. The van der Waals surface area contributed by atoms with E-state index in [1.165, 1.54) is 0 Å². The molecule has 0 unspecified atom stereocenters. The number of nitrogens with one attached hydrogen (secondary N) is 1. The van der Waals surface area contributed by atoms with Gasteiger partial charge in [-0.25, -0.2) is 9.67 Å². The van der Waals surface area contributed by atoms with Crippen molar-refractivity contribution in [2.75, 3.05) is 13.6 Å². The summed E-state index contributed by atoms with van der Waals surface area (Å²) in [6.07, 6.45) is 0.814. The van der Waals surface area contributed by atoms with E-state index in [-0.39, 0.29) is 0 Å². The van der Waals surface area contributed by atoms with Crippen molar-refractivity contribution >= 4 is 11.6 Å².